The summed E-state index contributed by atoms with van der Waals surface area (Å²) in [7, 11) is 0. The highest BCUT2D eigenvalue weighted by Gasteiger charge is 2.37. The van der Waals surface area contributed by atoms with Gasteiger partial charge in [0.25, 0.3) is 0 Å². The predicted octanol–water partition coefficient (Wildman–Crippen LogP) is 2.19. The number of hydrogen-bond donors (Lipinski definition) is 0. The van der Waals surface area contributed by atoms with E-state index in [2.05, 4.69) is 0 Å². The van der Waals surface area contributed by atoms with Crippen molar-refractivity contribution in [2.45, 2.75) is 45.4 Å². The lowest BCUT2D eigenvalue weighted by Gasteiger charge is -2.37. The summed E-state index contributed by atoms with van der Waals surface area (Å²) in [6, 6.07) is 0.256. The van der Waals surface area contributed by atoms with E-state index in [1.165, 1.54) is 0 Å². The fraction of sp³-hybridized carbons (Fsp3) is 1.00. The molecule has 0 N–H and O–H groups in total. The molecule has 1 saturated heterocycles. The molecule has 0 aromatic rings. The van der Waals surface area contributed by atoms with E-state index in [1.54, 1.807) is 0 Å². The van der Waals surface area contributed by atoms with Gasteiger partial charge >= 0.3 is 0 Å². The van der Waals surface area contributed by atoms with Crippen LogP contribution in [0.3, 0.4) is 0 Å². The molecule has 0 amide bonds. The van der Waals surface area contributed by atoms with Gasteiger partial charge in [-0.2, -0.15) is 0 Å². The van der Waals surface area contributed by atoms with Crippen LogP contribution >= 0.6 is 0 Å². The van der Waals surface area contributed by atoms with Gasteiger partial charge in [0.2, 0.25) is 0 Å². The summed E-state index contributed by atoms with van der Waals surface area (Å²) in [5.41, 5.74) is 0. The SMILES string of the molecule is CCC1(F)CCOCCN1C(C)C. The Balaban J connectivity index is 2.72. The van der Waals surface area contributed by atoms with Crippen LogP contribution in [0.1, 0.15) is 33.6 Å². The zero-order chi connectivity index (χ0) is 9.90. The van der Waals surface area contributed by atoms with E-state index in [0.717, 1.165) is 0 Å². The molecule has 1 aliphatic heterocycles. The molecule has 0 saturated carbocycles. The lowest BCUT2D eigenvalue weighted by molar-refractivity contribution is -0.0543. The third-order valence-corrected chi connectivity index (χ3v) is 2.79. The number of rotatable bonds is 2. The van der Waals surface area contributed by atoms with Crippen molar-refractivity contribution in [3.8, 4) is 0 Å². The molecule has 1 rings (SSSR count). The predicted molar refractivity (Wildman–Crippen MR) is 51.4 cm³/mol. The standard InChI is InChI=1S/C10H20FNO/c1-4-10(11)5-7-13-8-6-12(10)9(2)3/h9H,4-8H2,1-3H3. The van der Waals surface area contributed by atoms with E-state index in [4.69, 9.17) is 4.74 Å². The maximum atomic E-state index is 14.3. The minimum Gasteiger partial charge on any atom is -0.380 e. The van der Waals surface area contributed by atoms with Crippen LogP contribution < -0.4 is 0 Å². The Morgan fingerprint density at radius 3 is 2.69 bits per heavy atom. The van der Waals surface area contributed by atoms with Crippen LogP contribution in [0, 0.1) is 0 Å². The molecule has 78 valence electrons. The zero-order valence-corrected chi connectivity index (χ0v) is 8.85. The molecule has 0 aliphatic carbocycles. The molecule has 1 heterocycles. The third-order valence-electron chi connectivity index (χ3n) is 2.79. The van der Waals surface area contributed by atoms with Gasteiger partial charge in [-0.25, -0.2) is 4.39 Å². The van der Waals surface area contributed by atoms with Gasteiger partial charge in [-0.1, -0.05) is 6.92 Å². The lowest BCUT2D eigenvalue weighted by Crippen LogP contribution is -2.48. The summed E-state index contributed by atoms with van der Waals surface area (Å²) in [6.07, 6.45) is 1.05. The first-order chi connectivity index (χ1) is 6.10. The Hall–Kier alpha value is -0.150. The summed E-state index contributed by atoms with van der Waals surface area (Å²) in [5.74, 6) is -1.15. The van der Waals surface area contributed by atoms with E-state index in [0.29, 0.717) is 32.6 Å². The van der Waals surface area contributed by atoms with Gasteiger partial charge < -0.3 is 4.74 Å². The number of ether oxygens (including phenoxy) is 1. The Morgan fingerprint density at radius 1 is 1.46 bits per heavy atom. The van der Waals surface area contributed by atoms with Crippen molar-refractivity contribution in [3.63, 3.8) is 0 Å². The molecular formula is C10H20FNO. The van der Waals surface area contributed by atoms with Crippen LogP contribution in [0.25, 0.3) is 0 Å². The highest BCUT2D eigenvalue weighted by atomic mass is 19.1. The molecular weight excluding hydrogens is 169 g/mol. The minimum atomic E-state index is -1.15. The molecule has 0 aromatic carbocycles. The van der Waals surface area contributed by atoms with Gasteiger partial charge in [-0.3, -0.25) is 4.90 Å². The molecule has 0 spiro atoms. The molecule has 2 nitrogen and oxygen atoms in total. The molecule has 1 atom stereocenters. The van der Waals surface area contributed by atoms with Gasteiger partial charge in [-0.05, 0) is 20.3 Å². The second-order valence-electron chi connectivity index (χ2n) is 3.92. The topological polar surface area (TPSA) is 12.5 Å². The van der Waals surface area contributed by atoms with Crippen LogP contribution in [0.2, 0.25) is 0 Å². The van der Waals surface area contributed by atoms with E-state index in [9.17, 15) is 4.39 Å². The quantitative estimate of drug-likeness (QED) is 0.617. The molecule has 1 unspecified atom stereocenters. The first-order valence-corrected chi connectivity index (χ1v) is 5.13. The average Bonchev–Trinajstić information content (AvgIpc) is 2.27. The molecule has 1 aliphatic rings. The van der Waals surface area contributed by atoms with Gasteiger partial charge in [0.05, 0.1) is 13.2 Å². The van der Waals surface area contributed by atoms with Crippen LogP contribution in [-0.4, -0.2) is 36.5 Å². The Kier molecular flexibility index (Phi) is 3.68. The van der Waals surface area contributed by atoms with E-state index in [1.807, 2.05) is 25.7 Å². The summed E-state index contributed by atoms with van der Waals surface area (Å²) in [6.45, 7) is 7.89. The number of halogens is 1. The highest BCUT2D eigenvalue weighted by Crippen LogP contribution is 2.29. The summed E-state index contributed by atoms with van der Waals surface area (Å²) >= 11 is 0. The molecule has 0 bridgehead atoms. The zero-order valence-electron chi connectivity index (χ0n) is 8.85. The van der Waals surface area contributed by atoms with Gasteiger partial charge in [0, 0.05) is 19.0 Å². The van der Waals surface area contributed by atoms with Gasteiger partial charge in [0.15, 0.2) is 5.79 Å². The minimum absolute atomic E-state index is 0.256. The van der Waals surface area contributed by atoms with Crippen molar-refractivity contribution in [2.24, 2.45) is 0 Å². The maximum Gasteiger partial charge on any atom is 0.166 e. The van der Waals surface area contributed by atoms with Crippen molar-refractivity contribution >= 4 is 0 Å². The van der Waals surface area contributed by atoms with Gasteiger partial charge in [0.1, 0.15) is 0 Å². The van der Waals surface area contributed by atoms with E-state index in [-0.39, 0.29) is 6.04 Å². The number of hydrogen-bond acceptors (Lipinski definition) is 2. The summed E-state index contributed by atoms with van der Waals surface area (Å²) in [4.78, 5) is 1.92. The van der Waals surface area contributed by atoms with Crippen molar-refractivity contribution in [1.29, 1.82) is 0 Å². The smallest absolute Gasteiger partial charge is 0.166 e. The fourth-order valence-electron chi connectivity index (χ4n) is 1.94. The van der Waals surface area contributed by atoms with Gasteiger partial charge in [-0.15, -0.1) is 0 Å². The first-order valence-electron chi connectivity index (χ1n) is 5.13. The van der Waals surface area contributed by atoms with Crippen LogP contribution in [0.4, 0.5) is 4.39 Å². The third kappa shape index (κ3) is 2.41. The number of nitrogens with zero attached hydrogens (tertiary/aromatic N) is 1. The lowest BCUT2D eigenvalue weighted by atomic mass is 10.1. The van der Waals surface area contributed by atoms with Crippen molar-refractivity contribution in [3.05, 3.63) is 0 Å². The summed E-state index contributed by atoms with van der Waals surface area (Å²) < 4.78 is 19.6. The van der Waals surface area contributed by atoms with Crippen molar-refractivity contribution < 1.29 is 9.13 Å². The normalized spacial score (nSPS) is 32.1. The van der Waals surface area contributed by atoms with E-state index >= 15 is 0 Å². The average molecular weight is 189 g/mol. The van der Waals surface area contributed by atoms with E-state index < -0.39 is 5.79 Å². The monoisotopic (exact) mass is 189 g/mol. The largest absolute Gasteiger partial charge is 0.380 e. The maximum absolute atomic E-state index is 14.3. The Bertz CT molecular complexity index is 163. The molecule has 3 heteroatoms. The molecule has 0 aromatic heterocycles. The van der Waals surface area contributed by atoms with Crippen LogP contribution in [0.15, 0.2) is 0 Å². The second-order valence-corrected chi connectivity index (χ2v) is 3.92. The summed E-state index contributed by atoms with van der Waals surface area (Å²) in [5, 5.41) is 0. The number of alkyl halides is 1. The second kappa shape index (κ2) is 4.38. The van der Waals surface area contributed by atoms with Crippen LogP contribution in [-0.2, 0) is 4.74 Å². The van der Waals surface area contributed by atoms with Crippen molar-refractivity contribution in [2.75, 3.05) is 19.8 Å². The Morgan fingerprint density at radius 2 is 2.15 bits per heavy atom. The Labute approximate surface area is 80.1 Å². The molecule has 1 fully saturated rings. The molecule has 0 radical (unpaired) electrons. The fourth-order valence-corrected chi connectivity index (χ4v) is 1.94. The molecule has 13 heavy (non-hydrogen) atoms. The first kappa shape index (κ1) is 10.9. The van der Waals surface area contributed by atoms with Crippen molar-refractivity contribution in [1.82, 2.24) is 4.90 Å². The highest BCUT2D eigenvalue weighted by molar-refractivity contribution is 4.83. The van der Waals surface area contributed by atoms with Crippen LogP contribution in [0.5, 0.6) is 0 Å².